The molecule has 1 fully saturated rings. The number of amides is 1. The Morgan fingerprint density at radius 1 is 1.22 bits per heavy atom. The largest absolute Gasteiger partial charge is 0.302 e. The lowest BCUT2D eigenvalue weighted by Crippen LogP contribution is -2.23. The van der Waals surface area contributed by atoms with Gasteiger partial charge in [-0.25, -0.2) is 13.4 Å². The van der Waals surface area contributed by atoms with Crippen molar-refractivity contribution >= 4 is 32.2 Å². The number of nitrogens with zero attached hydrogens (tertiary/aromatic N) is 1. The van der Waals surface area contributed by atoms with Crippen LogP contribution in [0.15, 0.2) is 23.6 Å². The first kappa shape index (κ1) is 20.0. The van der Waals surface area contributed by atoms with E-state index in [4.69, 9.17) is 0 Å². The van der Waals surface area contributed by atoms with Gasteiger partial charge in [0.2, 0.25) is 5.91 Å². The molecule has 1 aromatic carbocycles. The van der Waals surface area contributed by atoms with Crippen molar-refractivity contribution in [3.63, 3.8) is 0 Å². The van der Waals surface area contributed by atoms with Crippen molar-refractivity contribution in [1.82, 2.24) is 4.98 Å². The Morgan fingerprint density at radius 3 is 2.56 bits per heavy atom. The molecule has 0 radical (unpaired) electrons. The fourth-order valence-corrected chi connectivity index (χ4v) is 5.77. The Labute approximate surface area is 165 Å². The van der Waals surface area contributed by atoms with Gasteiger partial charge in [-0.3, -0.25) is 4.79 Å². The van der Waals surface area contributed by atoms with Crippen LogP contribution < -0.4 is 5.32 Å². The second kappa shape index (κ2) is 7.72. The molecule has 1 aromatic heterocycles. The maximum Gasteiger partial charge on any atom is 0.230 e. The van der Waals surface area contributed by atoms with Crippen LogP contribution in [0.3, 0.4) is 0 Å². The summed E-state index contributed by atoms with van der Waals surface area (Å²) in [5.74, 6) is 0.126. The van der Waals surface area contributed by atoms with E-state index in [0.717, 1.165) is 11.3 Å². The minimum atomic E-state index is -3.07. The van der Waals surface area contributed by atoms with E-state index >= 15 is 0 Å². The summed E-state index contributed by atoms with van der Waals surface area (Å²) in [5.41, 5.74) is 4.46. The normalized spacial score (nSPS) is 19.0. The van der Waals surface area contributed by atoms with E-state index in [9.17, 15) is 13.2 Å². The van der Waals surface area contributed by atoms with E-state index in [2.05, 4.69) is 56.2 Å². The number of rotatable bonds is 5. The van der Waals surface area contributed by atoms with Gasteiger partial charge in [0.05, 0.1) is 23.1 Å². The zero-order valence-corrected chi connectivity index (χ0v) is 17.8. The van der Waals surface area contributed by atoms with Crippen molar-refractivity contribution in [2.45, 2.75) is 46.0 Å². The Morgan fingerprint density at radius 2 is 1.96 bits per heavy atom. The van der Waals surface area contributed by atoms with Crippen LogP contribution in [0.2, 0.25) is 0 Å². The molecule has 2 heterocycles. The molecule has 27 heavy (non-hydrogen) atoms. The molecule has 1 atom stereocenters. The van der Waals surface area contributed by atoms with E-state index in [1.54, 1.807) is 0 Å². The summed E-state index contributed by atoms with van der Waals surface area (Å²) in [5, 5.41) is 5.25. The van der Waals surface area contributed by atoms with E-state index in [-0.39, 0.29) is 17.4 Å². The SMILES string of the molecule is CC(C)c1ccc(-c2csc(NC(=O)C3CCS(=O)(=O)C3)n2)c(C(C)C)c1. The fourth-order valence-electron chi connectivity index (χ4n) is 3.32. The smallest absolute Gasteiger partial charge is 0.230 e. The molecule has 0 saturated carbocycles. The molecule has 0 bridgehead atoms. The van der Waals surface area contributed by atoms with E-state index < -0.39 is 15.8 Å². The second-order valence-corrected chi connectivity index (χ2v) is 10.9. The number of carbonyl (C=O) groups excluding carboxylic acids is 1. The van der Waals surface area contributed by atoms with Crippen LogP contribution in [0.5, 0.6) is 0 Å². The molecule has 1 saturated heterocycles. The van der Waals surface area contributed by atoms with Gasteiger partial charge in [0.15, 0.2) is 15.0 Å². The number of nitrogens with one attached hydrogen (secondary N) is 1. The van der Waals surface area contributed by atoms with Crippen molar-refractivity contribution in [2.24, 2.45) is 5.92 Å². The van der Waals surface area contributed by atoms with Crippen LogP contribution in [-0.4, -0.2) is 30.8 Å². The summed E-state index contributed by atoms with van der Waals surface area (Å²) in [7, 11) is -3.07. The number of hydrogen-bond acceptors (Lipinski definition) is 5. The topological polar surface area (TPSA) is 76.1 Å². The Balaban J connectivity index is 1.81. The highest BCUT2D eigenvalue weighted by atomic mass is 32.2. The quantitative estimate of drug-likeness (QED) is 0.797. The average Bonchev–Trinajstić information content (AvgIpc) is 3.20. The van der Waals surface area contributed by atoms with Crippen LogP contribution in [0.25, 0.3) is 11.3 Å². The van der Waals surface area contributed by atoms with Crippen LogP contribution in [0, 0.1) is 5.92 Å². The molecule has 1 N–H and O–H groups in total. The fraction of sp³-hybridized carbons (Fsp3) is 0.500. The Kier molecular flexibility index (Phi) is 5.72. The van der Waals surface area contributed by atoms with Crippen molar-refractivity contribution < 1.29 is 13.2 Å². The monoisotopic (exact) mass is 406 g/mol. The maximum atomic E-state index is 12.3. The molecule has 2 aromatic rings. The van der Waals surface area contributed by atoms with Gasteiger partial charge in [-0.05, 0) is 29.4 Å². The van der Waals surface area contributed by atoms with Crippen LogP contribution in [0.4, 0.5) is 5.13 Å². The summed E-state index contributed by atoms with van der Waals surface area (Å²) < 4.78 is 23.1. The Bertz CT molecular complexity index is 946. The number of carbonyl (C=O) groups is 1. The molecular weight excluding hydrogens is 380 g/mol. The van der Waals surface area contributed by atoms with Gasteiger partial charge in [-0.2, -0.15) is 0 Å². The highest BCUT2D eigenvalue weighted by Gasteiger charge is 2.33. The number of hydrogen-bond donors (Lipinski definition) is 1. The molecule has 5 nitrogen and oxygen atoms in total. The molecule has 3 rings (SSSR count). The standard InChI is InChI=1S/C20H26N2O3S2/c1-12(2)14-5-6-16(17(9-14)13(3)4)18-10-26-20(21-18)22-19(23)15-7-8-27(24,25)11-15/h5-6,9-10,12-13,15H,7-8,11H2,1-4H3,(H,21,22,23). The number of benzene rings is 1. The van der Waals surface area contributed by atoms with Crippen LogP contribution in [-0.2, 0) is 14.6 Å². The summed E-state index contributed by atoms with van der Waals surface area (Å²) in [6.45, 7) is 8.69. The minimum absolute atomic E-state index is 0.0643. The number of sulfone groups is 1. The molecule has 0 aliphatic carbocycles. The van der Waals surface area contributed by atoms with E-state index in [1.807, 2.05) is 5.38 Å². The lowest BCUT2D eigenvalue weighted by atomic mass is 9.90. The molecule has 146 valence electrons. The molecular formula is C20H26N2O3S2. The number of anilines is 1. The lowest BCUT2D eigenvalue weighted by Gasteiger charge is -2.15. The van der Waals surface area contributed by atoms with Gasteiger partial charge in [0.1, 0.15) is 0 Å². The highest BCUT2D eigenvalue weighted by molar-refractivity contribution is 7.91. The molecule has 1 aliphatic rings. The maximum absolute atomic E-state index is 12.3. The third kappa shape index (κ3) is 4.58. The predicted molar refractivity (Wildman–Crippen MR) is 111 cm³/mol. The van der Waals surface area contributed by atoms with Gasteiger partial charge in [-0.1, -0.05) is 45.9 Å². The molecule has 7 heteroatoms. The van der Waals surface area contributed by atoms with Crippen molar-refractivity contribution in [1.29, 1.82) is 0 Å². The predicted octanol–water partition coefficient (Wildman–Crippen LogP) is 4.43. The molecule has 1 aliphatic heterocycles. The average molecular weight is 407 g/mol. The van der Waals surface area contributed by atoms with Crippen LogP contribution in [0.1, 0.15) is 57.1 Å². The van der Waals surface area contributed by atoms with Gasteiger partial charge in [-0.15, -0.1) is 11.3 Å². The first-order chi connectivity index (χ1) is 12.7. The van der Waals surface area contributed by atoms with Gasteiger partial charge >= 0.3 is 0 Å². The highest BCUT2D eigenvalue weighted by Crippen LogP contribution is 2.34. The first-order valence-electron chi connectivity index (χ1n) is 9.27. The second-order valence-electron chi connectivity index (χ2n) is 7.78. The van der Waals surface area contributed by atoms with Gasteiger partial charge in [0, 0.05) is 10.9 Å². The van der Waals surface area contributed by atoms with Crippen LogP contribution >= 0.6 is 11.3 Å². The zero-order chi connectivity index (χ0) is 19.8. The van der Waals surface area contributed by atoms with E-state index in [0.29, 0.717) is 23.4 Å². The summed E-state index contributed by atoms with van der Waals surface area (Å²) >= 11 is 1.37. The lowest BCUT2D eigenvalue weighted by molar-refractivity contribution is -0.119. The molecule has 0 spiro atoms. The minimum Gasteiger partial charge on any atom is -0.302 e. The Hall–Kier alpha value is -1.73. The third-order valence-electron chi connectivity index (χ3n) is 4.98. The molecule has 1 unspecified atom stereocenters. The number of thiazole rings is 1. The first-order valence-corrected chi connectivity index (χ1v) is 12.0. The summed E-state index contributed by atoms with van der Waals surface area (Å²) in [6, 6.07) is 6.48. The van der Waals surface area contributed by atoms with Crippen molar-refractivity contribution in [3.05, 3.63) is 34.7 Å². The zero-order valence-electron chi connectivity index (χ0n) is 16.2. The summed E-state index contributed by atoms with van der Waals surface area (Å²) in [4.78, 5) is 16.9. The molecule has 1 amide bonds. The third-order valence-corrected chi connectivity index (χ3v) is 7.50. The van der Waals surface area contributed by atoms with E-state index in [1.165, 1.54) is 22.5 Å². The van der Waals surface area contributed by atoms with Gasteiger partial charge in [0.25, 0.3) is 0 Å². The van der Waals surface area contributed by atoms with Crippen molar-refractivity contribution in [2.75, 3.05) is 16.8 Å². The summed E-state index contributed by atoms with van der Waals surface area (Å²) in [6.07, 6.45) is 0.389. The van der Waals surface area contributed by atoms with Crippen molar-refractivity contribution in [3.8, 4) is 11.3 Å². The van der Waals surface area contributed by atoms with Gasteiger partial charge < -0.3 is 5.32 Å². The number of aromatic nitrogens is 1.